The van der Waals surface area contributed by atoms with E-state index >= 15 is 0 Å². The average molecular weight is 228 g/mol. The molecule has 1 heterocycles. The summed E-state index contributed by atoms with van der Waals surface area (Å²) in [4.78, 5) is 1.31. The number of aromatic hydroxyl groups is 1. The minimum Gasteiger partial charge on any atom is -0.507 e. The van der Waals surface area contributed by atoms with Gasteiger partial charge in [0.05, 0.1) is 0 Å². The van der Waals surface area contributed by atoms with E-state index in [1.807, 2.05) is 24.3 Å². The Bertz CT molecular complexity index is 587. The predicted octanol–water partition coefficient (Wildman–Crippen LogP) is 3.95. The number of fused-ring (bicyclic) bond motifs is 1. The molecule has 16 heavy (non-hydrogen) atoms. The third kappa shape index (κ3) is 1.42. The lowest BCUT2D eigenvalue weighted by Gasteiger charge is -2.14. The highest BCUT2D eigenvalue weighted by atomic mass is 32.2. The molecule has 0 bridgehead atoms. The summed E-state index contributed by atoms with van der Waals surface area (Å²) in [6.45, 7) is 0. The highest BCUT2D eigenvalue weighted by Gasteiger charge is 2.09. The number of rotatable bonds is 1. The first kappa shape index (κ1) is 9.55. The van der Waals surface area contributed by atoms with Gasteiger partial charge in [0.15, 0.2) is 0 Å². The summed E-state index contributed by atoms with van der Waals surface area (Å²) in [6.07, 6.45) is 4.18. The van der Waals surface area contributed by atoms with E-state index in [9.17, 15) is 5.11 Å². The normalized spacial score (nSPS) is 16.1. The minimum atomic E-state index is -0.325. The lowest BCUT2D eigenvalue weighted by atomic mass is 10.1. The van der Waals surface area contributed by atoms with E-state index in [1.54, 1.807) is 6.07 Å². The van der Waals surface area contributed by atoms with Crippen molar-refractivity contribution in [3.8, 4) is 5.75 Å². The second kappa shape index (κ2) is 3.72. The van der Waals surface area contributed by atoms with Gasteiger partial charge < -0.3 is 5.11 Å². The van der Waals surface area contributed by atoms with Gasteiger partial charge in [-0.15, -0.1) is 0 Å². The van der Waals surface area contributed by atoms with Crippen LogP contribution in [0.4, 0.5) is 0 Å². The first-order valence-corrected chi connectivity index (χ1v) is 6.68. The van der Waals surface area contributed by atoms with E-state index in [0.29, 0.717) is 5.75 Å². The summed E-state index contributed by atoms with van der Waals surface area (Å²) in [7, 11) is -0.325. The molecule has 1 nitrogen and oxygen atoms in total. The highest BCUT2D eigenvalue weighted by molar-refractivity contribution is 8.22. The van der Waals surface area contributed by atoms with Gasteiger partial charge in [0.1, 0.15) is 5.75 Å². The second-order valence-electron chi connectivity index (χ2n) is 3.74. The molecule has 2 aromatic rings. The van der Waals surface area contributed by atoms with Gasteiger partial charge in [0.2, 0.25) is 0 Å². The molecule has 0 aromatic heterocycles. The largest absolute Gasteiger partial charge is 0.507 e. The predicted molar refractivity (Wildman–Crippen MR) is 71.1 cm³/mol. The Kier molecular flexibility index (Phi) is 2.22. The zero-order valence-electron chi connectivity index (χ0n) is 8.67. The van der Waals surface area contributed by atoms with Crippen LogP contribution in [0.15, 0.2) is 64.3 Å². The van der Waals surface area contributed by atoms with Crippen molar-refractivity contribution in [1.29, 1.82) is 0 Å². The van der Waals surface area contributed by atoms with E-state index in [4.69, 9.17) is 0 Å². The van der Waals surface area contributed by atoms with Crippen LogP contribution >= 0.6 is 10.9 Å². The van der Waals surface area contributed by atoms with Crippen LogP contribution in [0.2, 0.25) is 0 Å². The van der Waals surface area contributed by atoms with Crippen molar-refractivity contribution in [2.24, 2.45) is 0 Å². The lowest BCUT2D eigenvalue weighted by molar-refractivity contribution is 0.481. The Morgan fingerprint density at radius 3 is 2.25 bits per heavy atom. The van der Waals surface area contributed by atoms with Crippen molar-refractivity contribution in [3.63, 3.8) is 0 Å². The van der Waals surface area contributed by atoms with Crippen molar-refractivity contribution in [2.75, 3.05) is 0 Å². The van der Waals surface area contributed by atoms with Crippen LogP contribution in [0.1, 0.15) is 0 Å². The molecule has 0 atom stereocenters. The molecule has 0 fully saturated rings. The van der Waals surface area contributed by atoms with Gasteiger partial charge in [0.25, 0.3) is 0 Å². The summed E-state index contributed by atoms with van der Waals surface area (Å²) in [5.41, 5.74) is 0. The minimum absolute atomic E-state index is 0.325. The van der Waals surface area contributed by atoms with Crippen molar-refractivity contribution >= 4 is 21.7 Å². The van der Waals surface area contributed by atoms with Crippen LogP contribution in [0.25, 0.3) is 10.8 Å². The molecule has 3 rings (SSSR count). The zero-order valence-corrected chi connectivity index (χ0v) is 9.56. The van der Waals surface area contributed by atoms with Crippen molar-refractivity contribution in [1.82, 2.24) is 0 Å². The fraction of sp³-hybridized carbons (Fsp3) is 0. The number of benzene rings is 2. The van der Waals surface area contributed by atoms with Gasteiger partial charge in [-0.25, -0.2) is 0 Å². The van der Waals surface area contributed by atoms with Gasteiger partial charge in [-0.05, 0) is 28.3 Å². The molecule has 1 aliphatic heterocycles. The molecule has 0 amide bonds. The van der Waals surface area contributed by atoms with Crippen LogP contribution in [0.3, 0.4) is 0 Å². The monoisotopic (exact) mass is 228 g/mol. The summed E-state index contributed by atoms with van der Waals surface area (Å²) in [5.74, 6) is 0.363. The van der Waals surface area contributed by atoms with Crippen molar-refractivity contribution < 1.29 is 5.11 Å². The third-order valence-corrected chi connectivity index (χ3v) is 4.69. The van der Waals surface area contributed by atoms with Gasteiger partial charge in [-0.2, -0.15) is 10.9 Å². The Labute approximate surface area is 97.1 Å². The molecule has 0 unspecified atom stereocenters. The topological polar surface area (TPSA) is 20.2 Å². The van der Waals surface area contributed by atoms with Crippen LogP contribution in [-0.4, -0.2) is 5.11 Å². The molecule has 1 aliphatic rings. The fourth-order valence-corrected chi connectivity index (χ4v) is 3.70. The quantitative estimate of drug-likeness (QED) is 0.708. The smallest absolute Gasteiger partial charge is 0.123 e. The Balaban J connectivity index is 2.29. The maximum Gasteiger partial charge on any atom is 0.123 e. The van der Waals surface area contributed by atoms with E-state index < -0.39 is 0 Å². The van der Waals surface area contributed by atoms with Gasteiger partial charge in [-0.1, -0.05) is 36.4 Å². The van der Waals surface area contributed by atoms with E-state index in [-0.39, 0.29) is 10.9 Å². The van der Waals surface area contributed by atoms with E-state index in [1.165, 1.54) is 4.90 Å². The molecule has 2 aromatic carbocycles. The van der Waals surface area contributed by atoms with Gasteiger partial charge in [0, 0.05) is 10.3 Å². The number of allylic oxidation sites excluding steroid dienone is 2. The number of phenolic OH excluding ortho intramolecular Hbond substituents is 1. The van der Waals surface area contributed by atoms with Crippen LogP contribution in [0, 0.1) is 0 Å². The molecule has 0 spiro atoms. The molecule has 0 saturated carbocycles. The average Bonchev–Trinajstić information content (AvgIpc) is 2.83. The van der Waals surface area contributed by atoms with E-state index in [2.05, 4.69) is 29.0 Å². The van der Waals surface area contributed by atoms with Crippen LogP contribution in [-0.2, 0) is 0 Å². The van der Waals surface area contributed by atoms with Gasteiger partial charge in [-0.3, -0.25) is 0 Å². The zero-order chi connectivity index (χ0) is 11.0. The first-order valence-electron chi connectivity index (χ1n) is 5.20. The lowest BCUT2D eigenvalue weighted by Crippen LogP contribution is -1.80. The number of hydrogen-bond acceptors (Lipinski definition) is 1. The molecule has 0 saturated heterocycles. The number of phenols is 1. The molecule has 1 N–H and O–H groups in total. The molecular formula is C14H12OS. The molecule has 0 radical (unpaired) electrons. The van der Waals surface area contributed by atoms with Crippen LogP contribution < -0.4 is 0 Å². The molecule has 2 heteroatoms. The summed E-state index contributed by atoms with van der Waals surface area (Å²) >= 11 is 0. The third-order valence-electron chi connectivity index (χ3n) is 2.76. The maximum absolute atomic E-state index is 9.81. The first-order chi connectivity index (χ1) is 7.86. The molecule has 0 aliphatic carbocycles. The standard InChI is InChI=1S/C14H12OS/c15-13-7-8-14(16-9-3-4-10-16)12-6-2-1-5-11(12)13/h1-10,15-16H. The van der Waals surface area contributed by atoms with Gasteiger partial charge >= 0.3 is 0 Å². The highest BCUT2D eigenvalue weighted by Crippen LogP contribution is 2.46. The SMILES string of the molecule is Oc1ccc([SH]2C=CC=C2)c2ccccc12. The van der Waals surface area contributed by atoms with E-state index in [0.717, 1.165) is 10.8 Å². The molecular weight excluding hydrogens is 216 g/mol. The summed E-state index contributed by atoms with van der Waals surface area (Å²) in [5, 5.41) is 16.4. The van der Waals surface area contributed by atoms with Crippen molar-refractivity contribution in [3.05, 3.63) is 59.4 Å². The maximum atomic E-state index is 9.81. The van der Waals surface area contributed by atoms with Crippen LogP contribution in [0.5, 0.6) is 5.75 Å². The fourth-order valence-electron chi connectivity index (χ4n) is 1.99. The number of hydrogen-bond donors (Lipinski definition) is 2. The Hall–Kier alpha value is -1.67. The molecule has 80 valence electrons. The Morgan fingerprint density at radius 1 is 0.812 bits per heavy atom. The number of thiol groups is 1. The second-order valence-corrected chi connectivity index (χ2v) is 5.63. The van der Waals surface area contributed by atoms with Crippen molar-refractivity contribution in [2.45, 2.75) is 4.90 Å². The summed E-state index contributed by atoms with van der Waals surface area (Å²) in [6, 6.07) is 11.8. The summed E-state index contributed by atoms with van der Waals surface area (Å²) < 4.78 is 0. The Morgan fingerprint density at radius 2 is 1.50 bits per heavy atom.